The molecule has 0 aliphatic heterocycles. The Hall–Kier alpha value is -1.30. The Balaban J connectivity index is 2.55. The van der Waals surface area contributed by atoms with E-state index in [2.05, 4.69) is 20.9 Å². The van der Waals surface area contributed by atoms with Gasteiger partial charge in [-0.2, -0.15) is 0 Å². The summed E-state index contributed by atoms with van der Waals surface area (Å²) in [7, 11) is 1.89. The van der Waals surface area contributed by atoms with Gasteiger partial charge in [0.1, 0.15) is 10.4 Å². The average molecular weight is 302 g/mol. The number of nitrogens with zero attached hydrogens (tertiary/aromatic N) is 3. The van der Waals surface area contributed by atoms with Gasteiger partial charge < -0.3 is 14.9 Å². The monoisotopic (exact) mass is 301 g/mol. The van der Waals surface area contributed by atoms with E-state index in [1.165, 1.54) is 4.90 Å². The minimum Gasteiger partial charge on any atom is -0.465 e. The Kier molecular flexibility index (Phi) is 5.21. The van der Waals surface area contributed by atoms with Crippen LogP contribution in [0.4, 0.5) is 10.6 Å². The number of likely N-dealkylation sites (N-methyl/N-ethyl adjacent to an activating group) is 2. The van der Waals surface area contributed by atoms with Crippen LogP contribution in [0.5, 0.6) is 0 Å². The number of rotatable bonds is 5. The molecule has 0 fully saturated rings. The SMILES string of the molecule is CCN(CCN(C)c1cccc(Br)n1)C(=O)O. The standard InChI is InChI=1S/C11H16BrN3O2/c1-3-15(11(16)17)8-7-14(2)10-6-4-5-9(12)13-10/h4-6H,3,7-8H2,1-2H3,(H,16,17). The van der Waals surface area contributed by atoms with Crippen LogP contribution >= 0.6 is 15.9 Å². The van der Waals surface area contributed by atoms with Crippen molar-refractivity contribution in [2.24, 2.45) is 0 Å². The zero-order chi connectivity index (χ0) is 12.8. The van der Waals surface area contributed by atoms with Gasteiger partial charge in [-0.05, 0) is 35.0 Å². The van der Waals surface area contributed by atoms with E-state index in [1.54, 1.807) is 0 Å². The van der Waals surface area contributed by atoms with Crippen molar-refractivity contribution in [2.75, 3.05) is 31.6 Å². The maximum atomic E-state index is 10.8. The smallest absolute Gasteiger partial charge is 0.407 e. The minimum absolute atomic E-state index is 0.469. The molecule has 0 saturated heterocycles. The van der Waals surface area contributed by atoms with Crippen molar-refractivity contribution in [3.63, 3.8) is 0 Å². The van der Waals surface area contributed by atoms with Gasteiger partial charge in [0.05, 0.1) is 0 Å². The molecule has 5 nitrogen and oxygen atoms in total. The first kappa shape index (κ1) is 13.8. The van der Waals surface area contributed by atoms with Crippen LogP contribution in [0, 0.1) is 0 Å². The molecular formula is C11H16BrN3O2. The lowest BCUT2D eigenvalue weighted by Gasteiger charge is -2.23. The Morgan fingerprint density at radius 3 is 2.71 bits per heavy atom. The van der Waals surface area contributed by atoms with Gasteiger partial charge in [0.15, 0.2) is 0 Å². The zero-order valence-corrected chi connectivity index (χ0v) is 11.5. The number of pyridine rings is 1. The summed E-state index contributed by atoms with van der Waals surface area (Å²) in [6, 6.07) is 5.65. The van der Waals surface area contributed by atoms with Crippen LogP contribution in [0.15, 0.2) is 22.8 Å². The van der Waals surface area contributed by atoms with E-state index in [9.17, 15) is 4.79 Å². The molecule has 0 spiro atoms. The number of halogens is 1. The van der Waals surface area contributed by atoms with E-state index >= 15 is 0 Å². The molecule has 0 unspecified atom stereocenters. The molecule has 1 heterocycles. The number of anilines is 1. The Morgan fingerprint density at radius 1 is 1.47 bits per heavy atom. The highest BCUT2D eigenvalue weighted by Gasteiger charge is 2.10. The number of aromatic nitrogens is 1. The van der Waals surface area contributed by atoms with Gasteiger partial charge in [-0.3, -0.25) is 0 Å². The van der Waals surface area contributed by atoms with Gasteiger partial charge in [-0.25, -0.2) is 9.78 Å². The van der Waals surface area contributed by atoms with Gasteiger partial charge in [0, 0.05) is 26.7 Å². The predicted octanol–water partition coefficient (Wildman–Crippen LogP) is 2.28. The summed E-state index contributed by atoms with van der Waals surface area (Å²) in [4.78, 5) is 18.4. The molecule has 0 aliphatic rings. The van der Waals surface area contributed by atoms with Crippen molar-refractivity contribution in [1.82, 2.24) is 9.88 Å². The van der Waals surface area contributed by atoms with E-state index in [4.69, 9.17) is 5.11 Å². The lowest BCUT2D eigenvalue weighted by molar-refractivity contribution is 0.149. The first-order chi connectivity index (χ1) is 8.04. The van der Waals surface area contributed by atoms with Gasteiger partial charge >= 0.3 is 6.09 Å². The zero-order valence-electron chi connectivity index (χ0n) is 9.93. The van der Waals surface area contributed by atoms with Crippen LogP contribution in [-0.2, 0) is 0 Å². The van der Waals surface area contributed by atoms with E-state index in [1.807, 2.05) is 37.1 Å². The first-order valence-corrected chi connectivity index (χ1v) is 6.15. The van der Waals surface area contributed by atoms with Crippen molar-refractivity contribution < 1.29 is 9.90 Å². The lowest BCUT2D eigenvalue weighted by Crippen LogP contribution is -2.36. The highest BCUT2D eigenvalue weighted by Crippen LogP contribution is 2.13. The Morgan fingerprint density at radius 2 is 2.18 bits per heavy atom. The largest absolute Gasteiger partial charge is 0.465 e. The highest BCUT2D eigenvalue weighted by molar-refractivity contribution is 9.10. The minimum atomic E-state index is -0.886. The van der Waals surface area contributed by atoms with Crippen molar-refractivity contribution in [3.05, 3.63) is 22.8 Å². The second kappa shape index (κ2) is 6.44. The molecule has 1 N–H and O–H groups in total. The second-order valence-electron chi connectivity index (χ2n) is 3.60. The maximum absolute atomic E-state index is 10.8. The third-order valence-electron chi connectivity index (χ3n) is 2.45. The molecule has 1 aromatic heterocycles. The molecule has 0 radical (unpaired) electrons. The third kappa shape index (κ3) is 4.22. The van der Waals surface area contributed by atoms with Crippen molar-refractivity contribution in [1.29, 1.82) is 0 Å². The molecule has 94 valence electrons. The van der Waals surface area contributed by atoms with E-state index in [0.717, 1.165) is 10.4 Å². The molecule has 1 rings (SSSR count). The normalized spacial score (nSPS) is 10.1. The predicted molar refractivity (Wildman–Crippen MR) is 70.5 cm³/mol. The summed E-state index contributed by atoms with van der Waals surface area (Å²) in [5, 5.41) is 8.89. The molecule has 1 amide bonds. The fraction of sp³-hybridized carbons (Fsp3) is 0.455. The van der Waals surface area contributed by atoms with Gasteiger partial charge in [-0.15, -0.1) is 0 Å². The van der Waals surface area contributed by atoms with E-state index in [-0.39, 0.29) is 0 Å². The quantitative estimate of drug-likeness (QED) is 0.848. The van der Waals surface area contributed by atoms with Crippen molar-refractivity contribution in [2.45, 2.75) is 6.92 Å². The Labute approximate surface area is 109 Å². The third-order valence-corrected chi connectivity index (χ3v) is 2.89. The molecule has 0 saturated carbocycles. The number of hydrogen-bond acceptors (Lipinski definition) is 3. The van der Waals surface area contributed by atoms with Crippen LogP contribution in [0.3, 0.4) is 0 Å². The van der Waals surface area contributed by atoms with Crippen molar-refractivity contribution >= 4 is 27.8 Å². The fourth-order valence-electron chi connectivity index (χ4n) is 1.38. The molecular weight excluding hydrogens is 286 g/mol. The average Bonchev–Trinajstić information content (AvgIpc) is 2.29. The van der Waals surface area contributed by atoms with Gasteiger partial charge in [0.2, 0.25) is 0 Å². The van der Waals surface area contributed by atoms with Crippen LogP contribution in [0.2, 0.25) is 0 Å². The molecule has 1 aromatic rings. The molecule has 0 bridgehead atoms. The molecule has 0 aromatic carbocycles. The number of amides is 1. The highest BCUT2D eigenvalue weighted by atomic mass is 79.9. The molecule has 0 aliphatic carbocycles. The van der Waals surface area contributed by atoms with Crippen LogP contribution in [-0.4, -0.2) is 47.8 Å². The summed E-state index contributed by atoms with van der Waals surface area (Å²) in [5.41, 5.74) is 0. The Bertz CT molecular complexity index is 387. The fourth-order valence-corrected chi connectivity index (χ4v) is 1.72. The van der Waals surface area contributed by atoms with Gasteiger partial charge in [0.25, 0.3) is 0 Å². The number of carboxylic acid groups (broad SMARTS) is 1. The van der Waals surface area contributed by atoms with Crippen LogP contribution in [0.1, 0.15) is 6.92 Å². The summed E-state index contributed by atoms with van der Waals surface area (Å²) < 4.78 is 0.771. The molecule has 17 heavy (non-hydrogen) atoms. The maximum Gasteiger partial charge on any atom is 0.407 e. The summed E-state index contributed by atoms with van der Waals surface area (Å²) in [6.07, 6.45) is -0.886. The van der Waals surface area contributed by atoms with Crippen molar-refractivity contribution in [3.8, 4) is 0 Å². The van der Waals surface area contributed by atoms with E-state index in [0.29, 0.717) is 19.6 Å². The van der Waals surface area contributed by atoms with Crippen LogP contribution < -0.4 is 4.90 Å². The lowest BCUT2D eigenvalue weighted by atomic mass is 10.4. The summed E-state index contributed by atoms with van der Waals surface area (Å²) in [6.45, 7) is 3.40. The summed E-state index contributed by atoms with van der Waals surface area (Å²) in [5.74, 6) is 0.820. The van der Waals surface area contributed by atoms with Gasteiger partial charge in [-0.1, -0.05) is 6.07 Å². The van der Waals surface area contributed by atoms with Crippen LogP contribution in [0.25, 0.3) is 0 Å². The molecule has 6 heteroatoms. The summed E-state index contributed by atoms with van der Waals surface area (Å²) >= 11 is 3.31. The number of carbonyl (C=O) groups is 1. The second-order valence-corrected chi connectivity index (χ2v) is 4.41. The first-order valence-electron chi connectivity index (χ1n) is 5.36. The number of hydrogen-bond donors (Lipinski definition) is 1. The molecule has 0 atom stereocenters. The topological polar surface area (TPSA) is 56.7 Å². The van der Waals surface area contributed by atoms with E-state index < -0.39 is 6.09 Å².